The van der Waals surface area contributed by atoms with E-state index in [1.807, 2.05) is 0 Å². The molecule has 0 spiro atoms. The summed E-state index contributed by atoms with van der Waals surface area (Å²) in [6.45, 7) is 1.53. The second-order valence-electron chi connectivity index (χ2n) is 3.99. The molecule has 1 aromatic carbocycles. The highest BCUT2D eigenvalue weighted by molar-refractivity contribution is 5.33. The summed E-state index contributed by atoms with van der Waals surface area (Å²) in [6, 6.07) is 2.66. The van der Waals surface area contributed by atoms with Crippen LogP contribution in [0.2, 0.25) is 0 Å². The van der Waals surface area contributed by atoms with Crippen LogP contribution < -0.4 is 5.32 Å². The van der Waals surface area contributed by atoms with Gasteiger partial charge < -0.3 is 5.32 Å². The van der Waals surface area contributed by atoms with Crippen molar-refractivity contribution in [2.24, 2.45) is 0 Å². The molecule has 1 aromatic heterocycles. The number of halogens is 2. The van der Waals surface area contributed by atoms with Gasteiger partial charge in [-0.25, -0.2) is 18.7 Å². The van der Waals surface area contributed by atoms with Gasteiger partial charge in [0.25, 0.3) is 0 Å². The maximum absolute atomic E-state index is 13.9. The summed E-state index contributed by atoms with van der Waals surface area (Å²) >= 11 is 0. The van der Waals surface area contributed by atoms with Gasteiger partial charge in [-0.1, -0.05) is 12.1 Å². The predicted molar refractivity (Wildman–Crippen MR) is 64.0 cm³/mol. The van der Waals surface area contributed by atoms with Crippen LogP contribution in [-0.2, 0) is 0 Å². The SMILES string of the molecule is CNC(c1cncnc1)c1ccc(C)c(F)c1F. The lowest BCUT2D eigenvalue weighted by atomic mass is 9.99. The van der Waals surface area contributed by atoms with Crippen molar-refractivity contribution in [2.45, 2.75) is 13.0 Å². The fraction of sp³-hybridized carbons (Fsp3) is 0.231. The Balaban J connectivity index is 2.50. The van der Waals surface area contributed by atoms with E-state index in [-0.39, 0.29) is 11.1 Å². The zero-order chi connectivity index (χ0) is 13.1. The second-order valence-corrected chi connectivity index (χ2v) is 3.99. The summed E-state index contributed by atoms with van der Waals surface area (Å²) in [5, 5.41) is 2.94. The van der Waals surface area contributed by atoms with Crippen molar-refractivity contribution in [1.82, 2.24) is 15.3 Å². The van der Waals surface area contributed by atoms with E-state index in [1.54, 1.807) is 31.6 Å². The maximum Gasteiger partial charge on any atom is 0.164 e. The normalized spacial score (nSPS) is 12.4. The van der Waals surface area contributed by atoms with Crippen molar-refractivity contribution in [3.05, 3.63) is 59.2 Å². The van der Waals surface area contributed by atoms with Gasteiger partial charge in [0.2, 0.25) is 0 Å². The summed E-state index contributed by atoms with van der Waals surface area (Å²) in [5.41, 5.74) is 1.22. The molecule has 0 saturated carbocycles. The molecule has 2 rings (SSSR count). The number of aromatic nitrogens is 2. The predicted octanol–water partition coefficient (Wildman–Crippen LogP) is 2.37. The average Bonchev–Trinajstić information content (AvgIpc) is 2.41. The summed E-state index contributed by atoms with van der Waals surface area (Å²) < 4.78 is 27.5. The van der Waals surface area contributed by atoms with Crippen molar-refractivity contribution >= 4 is 0 Å². The molecule has 1 N–H and O–H groups in total. The number of hydrogen-bond acceptors (Lipinski definition) is 3. The lowest BCUT2D eigenvalue weighted by molar-refractivity contribution is 0.482. The lowest BCUT2D eigenvalue weighted by Gasteiger charge is -2.17. The second kappa shape index (κ2) is 5.18. The lowest BCUT2D eigenvalue weighted by Crippen LogP contribution is -2.20. The molecule has 1 heterocycles. The average molecular weight is 249 g/mol. The molecule has 0 radical (unpaired) electrons. The van der Waals surface area contributed by atoms with E-state index in [0.717, 1.165) is 0 Å². The van der Waals surface area contributed by atoms with Gasteiger partial charge in [0.15, 0.2) is 11.6 Å². The van der Waals surface area contributed by atoms with Crippen LogP contribution in [0, 0.1) is 18.6 Å². The molecule has 0 aliphatic heterocycles. The molecule has 0 amide bonds. The third-order valence-electron chi connectivity index (χ3n) is 2.82. The van der Waals surface area contributed by atoms with Gasteiger partial charge in [-0.05, 0) is 19.5 Å². The first-order valence-electron chi connectivity index (χ1n) is 5.51. The van der Waals surface area contributed by atoms with Crippen LogP contribution in [0.5, 0.6) is 0 Å². The molecule has 0 aliphatic rings. The minimum absolute atomic E-state index is 0.246. The van der Waals surface area contributed by atoms with E-state index in [9.17, 15) is 8.78 Å². The fourth-order valence-electron chi connectivity index (χ4n) is 1.85. The van der Waals surface area contributed by atoms with Crippen molar-refractivity contribution in [3.63, 3.8) is 0 Å². The standard InChI is InChI=1S/C13H13F2N3/c1-8-3-4-10(12(15)11(8)14)13(16-2)9-5-17-7-18-6-9/h3-7,13,16H,1-2H3. The van der Waals surface area contributed by atoms with Crippen molar-refractivity contribution in [3.8, 4) is 0 Å². The van der Waals surface area contributed by atoms with Crippen LogP contribution in [-0.4, -0.2) is 17.0 Å². The van der Waals surface area contributed by atoms with E-state index in [4.69, 9.17) is 0 Å². The number of benzene rings is 1. The Morgan fingerprint density at radius 2 is 1.78 bits per heavy atom. The molecular weight excluding hydrogens is 236 g/mol. The highest BCUT2D eigenvalue weighted by Crippen LogP contribution is 2.25. The molecular formula is C13H13F2N3. The van der Waals surface area contributed by atoms with Crippen molar-refractivity contribution in [2.75, 3.05) is 7.05 Å². The Morgan fingerprint density at radius 3 is 2.39 bits per heavy atom. The van der Waals surface area contributed by atoms with Crippen LogP contribution in [0.15, 0.2) is 30.9 Å². The Hall–Kier alpha value is -1.88. The highest BCUT2D eigenvalue weighted by atomic mass is 19.2. The van der Waals surface area contributed by atoms with Crippen LogP contribution in [0.3, 0.4) is 0 Å². The van der Waals surface area contributed by atoms with Crippen LogP contribution in [0.25, 0.3) is 0 Å². The van der Waals surface area contributed by atoms with Crippen molar-refractivity contribution < 1.29 is 8.78 Å². The molecule has 0 saturated heterocycles. The van der Waals surface area contributed by atoms with E-state index in [0.29, 0.717) is 5.56 Å². The van der Waals surface area contributed by atoms with Gasteiger partial charge in [-0.15, -0.1) is 0 Å². The minimum atomic E-state index is -0.835. The van der Waals surface area contributed by atoms with E-state index in [2.05, 4.69) is 15.3 Å². The number of nitrogens with one attached hydrogen (secondary N) is 1. The van der Waals surface area contributed by atoms with Gasteiger partial charge in [0.05, 0.1) is 6.04 Å². The molecule has 5 heteroatoms. The fourth-order valence-corrected chi connectivity index (χ4v) is 1.85. The van der Waals surface area contributed by atoms with Gasteiger partial charge >= 0.3 is 0 Å². The van der Waals surface area contributed by atoms with E-state index < -0.39 is 17.7 Å². The highest BCUT2D eigenvalue weighted by Gasteiger charge is 2.20. The molecule has 1 unspecified atom stereocenters. The first-order chi connectivity index (χ1) is 8.65. The van der Waals surface area contributed by atoms with Gasteiger partial charge in [-0.2, -0.15) is 0 Å². The number of rotatable bonds is 3. The monoisotopic (exact) mass is 249 g/mol. The van der Waals surface area contributed by atoms with Crippen LogP contribution >= 0.6 is 0 Å². The molecule has 3 nitrogen and oxygen atoms in total. The molecule has 0 bridgehead atoms. The summed E-state index contributed by atoms with van der Waals surface area (Å²) in [6.07, 6.45) is 4.54. The first-order valence-corrected chi connectivity index (χ1v) is 5.51. The smallest absolute Gasteiger partial charge is 0.164 e. The minimum Gasteiger partial charge on any atom is -0.309 e. The molecule has 0 fully saturated rings. The zero-order valence-corrected chi connectivity index (χ0v) is 10.1. The topological polar surface area (TPSA) is 37.8 Å². The molecule has 0 aliphatic carbocycles. The molecule has 18 heavy (non-hydrogen) atoms. The van der Waals surface area contributed by atoms with E-state index in [1.165, 1.54) is 13.3 Å². The Kier molecular flexibility index (Phi) is 3.62. The Morgan fingerprint density at radius 1 is 1.11 bits per heavy atom. The quantitative estimate of drug-likeness (QED) is 0.907. The maximum atomic E-state index is 13.9. The first kappa shape index (κ1) is 12.6. The zero-order valence-electron chi connectivity index (χ0n) is 10.1. The van der Waals surface area contributed by atoms with Crippen LogP contribution in [0.1, 0.15) is 22.7 Å². The van der Waals surface area contributed by atoms with Crippen LogP contribution in [0.4, 0.5) is 8.78 Å². The third kappa shape index (κ3) is 2.22. The molecule has 2 aromatic rings. The largest absolute Gasteiger partial charge is 0.309 e. The number of nitrogens with zero attached hydrogens (tertiary/aromatic N) is 2. The van der Waals surface area contributed by atoms with Gasteiger partial charge in [-0.3, -0.25) is 0 Å². The van der Waals surface area contributed by atoms with Crippen molar-refractivity contribution in [1.29, 1.82) is 0 Å². The third-order valence-corrected chi connectivity index (χ3v) is 2.82. The molecule has 1 atom stereocenters. The Labute approximate surface area is 104 Å². The Bertz CT molecular complexity index is 543. The number of hydrogen-bond donors (Lipinski definition) is 1. The van der Waals surface area contributed by atoms with E-state index >= 15 is 0 Å². The van der Waals surface area contributed by atoms with Gasteiger partial charge in [0.1, 0.15) is 6.33 Å². The summed E-state index contributed by atoms with van der Waals surface area (Å²) in [5.74, 6) is -1.65. The summed E-state index contributed by atoms with van der Waals surface area (Å²) in [7, 11) is 1.68. The van der Waals surface area contributed by atoms with Gasteiger partial charge in [0, 0.05) is 23.5 Å². The number of aryl methyl sites for hydroxylation is 1. The summed E-state index contributed by atoms with van der Waals surface area (Å²) in [4.78, 5) is 7.76. The molecule has 94 valence electrons.